The smallest absolute Gasteiger partial charge is 0.0673 e. The van der Waals surface area contributed by atoms with Crippen LogP contribution in [-0.2, 0) is 0 Å². The van der Waals surface area contributed by atoms with E-state index in [4.69, 9.17) is 0 Å². The van der Waals surface area contributed by atoms with Gasteiger partial charge < -0.3 is 5.11 Å². The molecule has 1 nitrogen and oxygen atoms in total. The van der Waals surface area contributed by atoms with Gasteiger partial charge in [0.05, 0.1) is 5.60 Å². The summed E-state index contributed by atoms with van der Waals surface area (Å²) in [7, 11) is 0. The first-order valence-corrected chi connectivity index (χ1v) is 8.80. The van der Waals surface area contributed by atoms with Crippen molar-refractivity contribution in [2.45, 2.75) is 98.5 Å². The monoisotopic (exact) mass is 280 g/mol. The summed E-state index contributed by atoms with van der Waals surface area (Å²) in [5.41, 5.74) is 0.411. The molecule has 5 atom stereocenters. The number of fused-ring (bicyclic) bond motifs is 2. The van der Waals surface area contributed by atoms with Crippen molar-refractivity contribution in [2.75, 3.05) is 0 Å². The highest BCUT2D eigenvalue weighted by molar-refractivity contribution is 5.06. The Kier molecular flexibility index (Phi) is 4.09. The standard InChI is InChI=1S/C19H36O/c1-7-16(3)13-15(2)9-12-19(6,20)18(5)11-8-10-17(16,4)14-18/h15,20H,7-14H2,1-6H3. The van der Waals surface area contributed by atoms with E-state index in [0.29, 0.717) is 10.8 Å². The van der Waals surface area contributed by atoms with Crippen LogP contribution in [-0.4, -0.2) is 10.7 Å². The first kappa shape index (κ1) is 16.3. The maximum atomic E-state index is 11.2. The lowest BCUT2D eigenvalue weighted by atomic mass is 9.49. The highest BCUT2D eigenvalue weighted by atomic mass is 16.3. The van der Waals surface area contributed by atoms with Crippen molar-refractivity contribution < 1.29 is 5.11 Å². The van der Waals surface area contributed by atoms with Crippen LogP contribution in [0.5, 0.6) is 0 Å². The second-order valence-electron chi connectivity index (χ2n) is 9.19. The third-order valence-electron chi connectivity index (χ3n) is 7.70. The van der Waals surface area contributed by atoms with Crippen LogP contribution in [0.3, 0.4) is 0 Å². The van der Waals surface area contributed by atoms with Crippen molar-refractivity contribution in [1.82, 2.24) is 0 Å². The van der Waals surface area contributed by atoms with Gasteiger partial charge in [-0.1, -0.05) is 47.5 Å². The molecule has 2 aliphatic rings. The number of rotatable bonds is 1. The van der Waals surface area contributed by atoms with Crippen LogP contribution in [0.25, 0.3) is 0 Å². The van der Waals surface area contributed by atoms with Crippen LogP contribution in [0.15, 0.2) is 0 Å². The molecule has 20 heavy (non-hydrogen) atoms. The zero-order valence-electron chi connectivity index (χ0n) is 14.7. The molecule has 0 aromatic heterocycles. The Balaban J connectivity index is 2.46. The third-order valence-corrected chi connectivity index (χ3v) is 7.70. The van der Waals surface area contributed by atoms with Crippen molar-refractivity contribution in [3.63, 3.8) is 0 Å². The molecule has 0 saturated heterocycles. The summed E-state index contributed by atoms with van der Waals surface area (Å²) in [6.45, 7) is 14.3. The van der Waals surface area contributed by atoms with E-state index in [1.165, 1.54) is 44.9 Å². The Morgan fingerprint density at radius 2 is 1.60 bits per heavy atom. The van der Waals surface area contributed by atoms with E-state index >= 15 is 0 Å². The van der Waals surface area contributed by atoms with Gasteiger partial charge >= 0.3 is 0 Å². The zero-order chi connectivity index (χ0) is 15.2. The molecule has 2 saturated carbocycles. The molecule has 5 unspecified atom stereocenters. The van der Waals surface area contributed by atoms with Crippen LogP contribution >= 0.6 is 0 Å². The molecule has 0 aromatic rings. The summed E-state index contributed by atoms with van der Waals surface area (Å²) in [6, 6.07) is 0. The molecule has 2 bridgehead atoms. The average Bonchev–Trinajstić information content (AvgIpc) is 2.36. The van der Waals surface area contributed by atoms with Crippen LogP contribution in [0, 0.1) is 22.2 Å². The lowest BCUT2D eigenvalue weighted by molar-refractivity contribution is -0.130. The Morgan fingerprint density at radius 3 is 2.20 bits per heavy atom. The van der Waals surface area contributed by atoms with E-state index in [-0.39, 0.29) is 5.41 Å². The highest BCUT2D eigenvalue weighted by Gasteiger charge is 2.55. The van der Waals surface area contributed by atoms with E-state index < -0.39 is 5.60 Å². The molecule has 0 aliphatic heterocycles. The molecular formula is C19H36O. The fourth-order valence-electron chi connectivity index (χ4n) is 5.40. The minimum absolute atomic E-state index is 0.0977. The molecule has 0 heterocycles. The predicted molar refractivity (Wildman–Crippen MR) is 86.7 cm³/mol. The predicted octanol–water partition coefficient (Wildman–Crippen LogP) is 5.56. The number of hydrogen-bond acceptors (Lipinski definition) is 1. The minimum atomic E-state index is -0.498. The summed E-state index contributed by atoms with van der Waals surface area (Å²) in [4.78, 5) is 0. The second kappa shape index (κ2) is 5.00. The first-order chi connectivity index (χ1) is 9.08. The Bertz CT molecular complexity index is 361. The number of hydrogen-bond donors (Lipinski definition) is 1. The molecule has 0 radical (unpaired) electrons. The van der Waals surface area contributed by atoms with Gasteiger partial charge in [-0.3, -0.25) is 0 Å². The van der Waals surface area contributed by atoms with Gasteiger partial charge in [0.15, 0.2) is 0 Å². The third kappa shape index (κ3) is 2.45. The normalized spacial score (nSPS) is 53.9. The lowest BCUT2D eigenvalue weighted by Crippen LogP contribution is -2.52. The maximum absolute atomic E-state index is 11.2. The average molecular weight is 280 g/mol. The minimum Gasteiger partial charge on any atom is -0.390 e. The maximum Gasteiger partial charge on any atom is 0.0673 e. The summed E-state index contributed by atoms with van der Waals surface area (Å²) in [6.07, 6.45) is 9.77. The summed E-state index contributed by atoms with van der Waals surface area (Å²) >= 11 is 0. The van der Waals surface area contributed by atoms with Crippen LogP contribution in [0.2, 0.25) is 0 Å². The van der Waals surface area contributed by atoms with E-state index in [1.54, 1.807) is 0 Å². The van der Waals surface area contributed by atoms with Gasteiger partial charge in [0, 0.05) is 0 Å². The van der Waals surface area contributed by atoms with Gasteiger partial charge in [-0.05, 0) is 67.6 Å². The molecule has 0 spiro atoms. The van der Waals surface area contributed by atoms with Gasteiger partial charge in [0.25, 0.3) is 0 Å². The summed E-state index contributed by atoms with van der Waals surface area (Å²) in [5.74, 6) is 0.728. The van der Waals surface area contributed by atoms with Gasteiger partial charge in [-0.25, -0.2) is 0 Å². The van der Waals surface area contributed by atoms with Gasteiger partial charge in [-0.2, -0.15) is 0 Å². The van der Waals surface area contributed by atoms with Gasteiger partial charge in [0.1, 0.15) is 0 Å². The van der Waals surface area contributed by atoms with Crippen LogP contribution in [0.1, 0.15) is 92.9 Å². The van der Waals surface area contributed by atoms with Crippen LogP contribution in [0.4, 0.5) is 0 Å². The Labute approximate surface area is 126 Å². The fourth-order valence-corrected chi connectivity index (χ4v) is 5.40. The van der Waals surface area contributed by atoms with Crippen molar-refractivity contribution in [1.29, 1.82) is 0 Å². The molecule has 0 amide bonds. The van der Waals surface area contributed by atoms with Crippen LogP contribution < -0.4 is 0 Å². The summed E-state index contributed by atoms with van der Waals surface area (Å²) in [5, 5.41) is 11.2. The largest absolute Gasteiger partial charge is 0.390 e. The first-order valence-electron chi connectivity index (χ1n) is 8.80. The molecule has 118 valence electrons. The summed E-state index contributed by atoms with van der Waals surface area (Å²) < 4.78 is 0. The van der Waals surface area contributed by atoms with E-state index in [1.807, 2.05) is 0 Å². The molecular weight excluding hydrogens is 244 g/mol. The molecule has 2 fully saturated rings. The topological polar surface area (TPSA) is 20.2 Å². The van der Waals surface area contributed by atoms with Gasteiger partial charge in [-0.15, -0.1) is 0 Å². The Hall–Kier alpha value is -0.0400. The van der Waals surface area contributed by atoms with Crippen molar-refractivity contribution in [3.8, 4) is 0 Å². The fraction of sp³-hybridized carbons (Fsp3) is 1.00. The zero-order valence-corrected chi connectivity index (χ0v) is 14.7. The molecule has 1 N–H and O–H groups in total. The van der Waals surface area contributed by atoms with E-state index in [2.05, 4.69) is 41.5 Å². The molecule has 2 rings (SSSR count). The molecule has 0 aromatic carbocycles. The molecule has 2 aliphatic carbocycles. The number of aliphatic hydroxyl groups is 1. The second-order valence-corrected chi connectivity index (χ2v) is 9.19. The highest BCUT2D eigenvalue weighted by Crippen LogP contribution is 2.62. The molecule has 1 heteroatoms. The van der Waals surface area contributed by atoms with E-state index in [9.17, 15) is 5.11 Å². The van der Waals surface area contributed by atoms with Crippen molar-refractivity contribution >= 4 is 0 Å². The van der Waals surface area contributed by atoms with Gasteiger partial charge in [0.2, 0.25) is 0 Å². The van der Waals surface area contributed by atoms with E-state index in [0.717, 1.165) is 12.3 Å². The Morgan fingerprint density at radius 1 is 1.00 bits per heavy atom. The lowest BCUT2D eigenvalue weighted by Gasteiger charge is -2.57. The van der Waals surface area contributed by atoms with Crippen molar-refractivity contribution in [3.05, 3.63) is 0 Å². The SMILES string of the molecule is CCC1(C)CC(C)CCC(C)(O)C2(C)CCCC1(C)C2. The van der Waals surface area contributed by atoms with Crippen molar-refractivity contribution in [2.24, 2.45) is 22.2 Å². The quantitative estimate of drug-likeness (QED) is 0.666.